The number of allylic oxidation sites excluding steroid dienone is 10. The van der Waals surface area contributed by atoms with Crippen molar-refractivity contribution < 1.29 is 14.2 Å². The molecule has 0 bridgehead atoms. The SMILES string of the molecule is CCC1N=C(c2cccc(F)c2)C=C1OC1=C/C(C#N)=C\C=C\C=C\C=C(C(O)CN)/C=C\1. The van der Waals surface area contributed by atoms with E-state index >= 15 is 0 Å². The molecule has 5 nitrogen and oxygen atoms in total. The van der Waals surface area contributed by atoms with Gasteiger partial charge in [-0.3, -0.25) is 4.99 Å². The molecular formula is C27H26FN3O2. The molecule has 0 saturated heterocycles. The third-order valence-electron chi connectivity index (χ3n) is 5.02. The van der Waals surface area contributed by atoms with E-state index in [-0.39, 0.29) is 18.4 Å². The molecule has 0 fully saturated rings. The van der Waals surface area contributed by atoms with Gasteiger partial charge in [0, 0.05) is 18.2 Å². The Hall–Kier alpha value is -3.79. The number of nitrogens with zero attached hydrogens (tertiary/aromatic N) is 2. The first-order chi connectivity index (χ1) is 16.0. The lowest BCUT2D eigenvalue weighted by Gasteiger charge is -2.14. The summed E-state index contributed by atoms with van der Waals surface area (Å²) in [6.07, 6.45) is 17.2. The number of halogens is 1. The van der Waals surface area contributed by atoms with E-state index in [9.17, 15) is 14.8 Å². The van der Waals surface area contributed by atoms with Gasteiger partial charge in [-0.25, -0.2) is 4.39 Å². The average molecular weight is 444 g/mol. The zero-order valence-electron chi connectivity index (χ0n) is 18.4. The molecular weight excluding hydrogens is 417 g/mol. The molecule has 0 saturated carbocycles. The second-order valence-electron chi connectivity index (χ2n) is 7.40. The van der Waals surface area contributed by atoms with Crippen LogP contribution in [0.2, 0.25) is 0 Å². The first kappa shape index (κ1) is 23.9. The summed E-state index contributed by atoms with van der Waals surface area (Å²) >= 11 is 0. The number of ether oxygens (including phenoxy) is 1. The monoisotopic (exact) mass is 443 g/mol. The van der Waals surface area contributed by atoms with Crippen LogP contribution in [0.1, 0.15) is 18.9 Å². The number of rotatable bonds is 6. The third-order valence-corrected chi connectivity index (χ3v) is 5.02. The zero-order valence-corrected chi connectivity index (χ0v) is 18.4. The Morgan fingerprint density at radius 2 is 1.97 bits per heavy atom. The Morgan fingerprint density at radius 1 is 1.18 bits per heavy atom. The lowest BCUT2D eigenvalue weighted by Crippen LogP contribution is -2.21. The molecule has 2 atom stereocenters. The number of aliphatic imine (C=N–C) groups is 1. The van der Waals surface area contributed by atoms with Crippen LogP contribution in [0.5, 0.6) is 0 Å². The Labute approximate surface area is 193 Å². The van der Waals surface area contributed by atoms with Crippen molar-refractivity contribution in [2.24, 2.45) is 10.7 Å². The fourth-order valence-electron chi connectivity index (χ4n) is 3.26. The van der Waals surface area contributed by atoms with Gasteiger partial charge in [0.25, 0.3) is 0 Å². The average Bonchev–Trinajstić information content (AvgIpc) is 3.23. The Kier molecular flexibility index (Phi) is 8.48. The number of hydrogen-bond acceptors (Lipinski definition) is 5. The first-order valence-electron chi connectivity index (χ1n) is 10.7. The predicted octanol–water partition coefficient (Wildman–Crippen LogP) is 4.57. The van der Waals surface area contributed by atoms with E-state index in [0.29, 0.717) is 40.4 Å². The number of aliphatic hydroxyl groups excluding tert-OH is 1. The molecule has 33 heavy (non-hydrogen) atoms. The number of benzene rings is 1. The van der Waals surface area contributed by atoms with E-state index in [2.05, 4.69) is 11.1 Å². The van der Waals surface area contributed by atoms with Gasteiger partial charge < -0.3 is 15.6 Å². The van der Waals surface area contributed by atoms with Crippen LogP contribution in [-0.2, 0) is 4.74 Å². The normalized spacial score (nSPS) is 26.9. The summed E-state index contributed by atoms with van der Waals surface area (Å²) in [4.78, 5) is 4.68. The lowest BCUT2D eigenvalue weighted by atomic mass is 10.1. The van der Waals surface area contributed by atoms with Gasteiger partial charge in [-0.15, -0.1) is 0 Å². The van der Waals surface area contributed by atoms with Gasteiger partial charge >= 0.3 is 0 Å². The smallest absolute Gasteiger partial charge is 0.131 e. The summed E-state index contributed by atoms with van der Waals surface area (Å²) < 4.78 is 19.9. The molecule has 6 heteroatoms. The largest absolute Gasteiger partial charge is 0.459 e. The molecule has 1 aromatic carbocycles. The van der Waals surface area contributed by atoms with Crippen LogP contribution < -0.4 is 5.73 Å². The van der Waals surface area contributed by atoms with Crippen LogP contribution in [0.3, 0.4) is 0 Å². The van der Waals surface area contributed by atoms with Gasteiger partial charge in [-0.05, 0) is 42.4 Å². The van der Waals surface area contributed by atoms with Gasteiger partial charge in [-0.2, -0.15) is 5.26 Å². The molecule has 1 aliphatic carbocycles. The van der Waals surface area contributed by atoms with Gasteiger partial charge in [0.15, 0.2) is 0 Å². The Balaban J connectivity index is 1.97. The predicted molar refractivity (Wildman–Crippen MR) is 129 cm³/mol. The maximum atomic E-state index is 13.7. The molecule has 1 aromatic rings. The second kappa shape index (κ2) is 11.7. The van der Waals surface area contributed by atoms with Crippen molar-refractivity contribution in [1.82, 2.24) is 0 Å². The van der Waals surface area contributed by atoms with Gasteiger partial charge in [-0.1, -0.05) is 55.5 Å². The topological polar surface area (TPSA) is 91.6 Å². The minimum absolute atomic E-state index is 0.0665. The van der Waals surface area contributed by atoms with Crippen molar-refractivity contribution in [3.8, 4) is 6.07 Å². The second-order valence-corrected chi connectivity index (χ2v) is 7.40. The Morgan fingerprint density at radius 3 is 2.67 bits per heavy atom. The summed E-state index contributed by atoms with van der Waals surface area (Å²) in [5.41, 5.74) is 7.93. The molecule has 1 heterocycles. The van der Waals surface area contributed by atoms with Crippen molar-refractivity contribution in [2.75, 3.05) is 6.54 Å². The van der Waals surface area contributed by atoms with E-state index in [0.717, 1.165) is 0 Å². The molecule has 3 N–H and O–H groups in total. The lowest BCUT2D eigenvalue weighted by molar-refractivity contribution is 0.223. The van der Waals surface area contributed by atoms with Crippen LogP contribution in [0.4, 0.5) is 4.39 Å². The van der Waals surface area contributed by atoms with Crippen LogP contribution in [0.15, 0.2) is 113 Å². The molecule has 0 radical (unpaired) electrons. The molecule has 0 amide bonds. The van der Waals surface area contributed by atoms with Gasteiger partial charge in [0.2, 0.25) is 0 Å². The van der Waals surface area contributed by atoms with Gasteiger partial charge in [0.05, 0.1) is 23.5 Å². The highest BCUT2D eigenvalue weighted by Gasteiger charge is 2.23. The van der Waals surface area contributed by atoms with E-state index in [1.54, 1.807) is 72.9 Å². The third kappa shape index (κ3) is 6.59. The molecule has 0 aromatic heterocycles. The molecule has 2 unspecified atom stereocenters. The first-order valence-corrected chi connectivity index (χ1v) is 10.7. The molecule has 2 aliphatic rings. The minimum atomic E-state index is -0.845. The number of aliphatic hydroxyl groups is 1. The quantitative estimate of drug-likeness (QED) is 0.674. The maximum Gasteiger partial charge on any atom is 0.131 e. The highest BCUT2D eigenvalue weighted by molar-refractivity contribution is 6.10. The molecule has 3 rings (SSSR count). The summed E-state index contributed by atoms with van der Waals surface area (Å²) in [6, 6.07) is 8.16. The molecule has 168 valence electrons. The van der Waals surface area contributed by atoms with E-state index in [1.165, 1.54) is 12.1 Å². The summed E-state index contributed by atoms with van der Waals surface area (Å²) in [7, 11) is 0. The molecule has 1 aliphatic heterocycles. The number of hydrogen-bond donors (Lipinski definition) is 2. The fourth-order valence-corrected chi connectivity index (χ4v) is 3.26. The summed E-state index contributed by atoms with van der Waals surface area (Å²) in [6.45, 7) is 2.05. The fraction of sp³-hybridized carbons (Fsp3) is 0.185. The minimum Gasteiger partial charge on any atom is -0.459 e. The van der Waals surface area contributed by atoms with E-state index in [4.69, 9.17) is 10.5 Å². The number of nitrogens with two attached hydrogens (primary N) is 1. The van der Waals surface area contributed by atoms with Crippen LogP contribution in [0, 0.1) is 17.1 Å². The highest BCUT2D eigenvalue weighted by atomic mass is 19.1. The van der Waals surface area contributed by atoms with E-state index in [1.807, 2.05) is 6.92 Å². The van der Waals surface area contributed by atoms with Crippen molar-refractivity contribution in [2.45, 2.75) is 25.5 Å². The summed E-state index contributed by atoms with van der Waals surface area (Å²) in [5.74, 6) is 0.660. The summed E-state index contributed by atoms with van der Waals surface area (Å²) in [5, 5.41) is 19.8. The number of nitriles is 1. The zero-order chi connectivity index (χ0) is 23.6. The van der Waals surface area contributed by atoms with Crippen molar-refractivity contribution >= 4 is 5.71 Å². The molecule has 0 spiro atoms. The van der Waals surface area contributed by atoms with E-state index < -0.39 is 6.10 Å². The standard InChI is InChI=1S/C27H26FN3O2/c1-2-24-27(16-25(31-24)21-10-7-11-22(28)15-21)33-23-13-12-20(26(32)18-30)9-6-4-3-5-8-19(14-23)17-29/h3-16,24,26,32H,2,18,30H2,1H3/b4-3?,5-3+,6-4+,8-5?,9-6?,13-12-,19-8+,19-14?,20-9+,20-12?,23-13?,23-14+. The Bertz CT molecular complexity index is 1160. The van der Waals surface area contributed by atoms with Crippen LogP contribution >= 0.6 is 0 Å². The van der Waals surface area contributed by atoms with Crippen molar-refractivity contribution in [3.05, 3.63) is 119 Å². The van der Waals surface area contributed by atoms with Gasteiger partial charge in [0.1, 0.15) is 23.4 Å². The van der Waals surface area contributed by atoms with Crippen LogP contribution in [0.25, 0.3) is 0 Å². The maximum absolute atomic E-state index is 13.7. The highest BCUT2D eigenvalue weighted by Crippen LogP contribution is 2.26. The van der Waals surface area contributed by atoms with Crippen LogP contribution in [-0.4, -0.2) is 29.5 Å². The van der Waals surface area contributed by atoms with Crippen molar-refractivity contribution in [1.29, 1.82) is 5.26 Å². The van der Waals surface area contributed by atoms with Crippen molar-refractivity contribution in [3.63, 3.8) is 0 Å².